The monoisotopic (exact) mass is 511 g/mol. The molecule has 1 aliphatic heterocycles. The molecule has 1 saturated carbocycles. The number of urea groups is 1. The lowest BCUT2D eigenvalue weighted by atomic mass is 9.75. The van der Waals surface area contributed by atoms with Crippen LogP contribution < -0.4 is 9.80 Å². The SMILES string of the molecule is COC(=O)C1(CC(=O)N(c2ccccc2)c2ccccc2)CCN(C(=O)N(c2ccccc2)C2CC2)CC1. The zero-order valence-electron chi connectivity index (χ0n) is 21.7. The number of nitrogens with zero attached hydrogens (tertiary/aromatic N) is 3. The fourth-order valence-electron chi connectivity index (χ4n) is 5.31. The Labute approximate surface area is 223 Å². The first-order chi connectivity index (χ1) is 18.5. The molecule has 196 valence electrons. The van der Waals surface area contributed by atoms with Crippen LogP contribution in [0.2, 0.25) is 0 Å². The van der Waals surface area contributed by atoms with Gasteiger partial charge in [0.15, 0.2) is 0 Å². The second-order valence-electron chi connectivity index (χ2n) is 10.1. The molecule has 0 unspecified atom stereocenters. The topological polar surface area (TPSA) is 70.2 Å². The lowest BCUT2D eigenvalue weighted by molar-refractivity contribution is -0.157. The Bertz CT molecular complexity index is 1210. The van der Waals surface area contributed by atoms with Gasteiger partial charge in [-0.05, 0) is 62.1 Å². The number of amides is 3. The predicted octanol–water partition coefficient (Wildman–Crippen LogP) is 5.79. The highest BCUT2D eigenvalue weighted by Gasteiger charge is 2.47. The molecule has 2 aliphatic rings. The van der Waals surface area contributed by atoms with Gasteiger partial charge in [0.25, 0.3) is 0 Å². The minimum Gasteiger partial charge on any atom is -0.469 e. The van der Waals surface area contributed by atoms with E-state index in [9.17, 15) is 14.4 Å². The highest BCUT2D eigenvalue weighted by atomic mass is 16.5. The molecular formula is C31H33N3O4. The van der Waals surface area contributed by atoms with E-state index in [1.807, 2.05) is 101 Å². The third-order valence-electron chi connectivity index (χ3n) is 7.53. The van der Waals surface area contributed by atoms with Crippen molar-refractivity contribution in [2.45, 2.75) is 38.1 Å². The molecule has 7 heteroatoms. The van der Waals surface area contributed by atoms with Crippen molar-refractivity contribution in [1.29, 1.82) is 0 Å². The lowest BCUT2D eigenvalue weighted by Crippen LogP contribution is -2.52. The molecule has 0 radical (unpaired) electrons. The van der Waals surface area contributed by atoms with Gasteiger partial charge < -0.3 is 9.64 Å². The first-order valence-corrected chi connectivity index (χ1v) is 13.2. The molecule has 7 nitrogen and oxygen atoms in total. The van der Waals surface area contributed by atoms with Gasteiger partial charge in [-0.3, -0.25) is 19.4 Å². The van der Waals surface area contributed by atoms with Crippen LogP contribution in [-0.2, 0) is 14.3 Å². The van der Waals surface area contributed by atoms with Gasteiger partial charge in [0.2, 0.25) is 5.91 Å². The zero-order valence-corrected chi connectivity index (χ0v) is 21.7. The molecule has 1 heterocycles. The molecule has 0 aromatic heterocycles. The minimum absolute atomic E-state index is 0.00346. The Balaban J connectivity index is 1.35. The van der Waals surface area contributed by atoms with Crippen molar-refractivity contribution >= 4 is 35.0 Å². The Morgan fingerprint density at radius 1 is 0.789 bits per heavy atom. The number of carbonyl (C=O) groups excluding carboxylic acids is 3. The van der Waals surface area contributed by atoms with Crippen molar-refractivity contribution in [3.05, 3.63) is 91.0 Å². The molecule has 1 aliphatic carbocycles. The normalized spacial score (nSPS) is 16.4. The van der Waals surface area contributed by atoms with Crippen LogP contribution >= 0.6 is 0 Å². The van der Waals surface area contributed by atoms with E-state index in [-0.39, 0.29) is 24.4 Å². The van der Waals surface area contributed by atoms with Crippen molar-refractivity contribution in [3.8, 4) is 0 Å². The summed E-state index contributed by atoms with van der Waals surface area (Å²) in [7, 11) is 1.36. The number of ether oxygens (including phenoxy) is 1. The number of esters is 1. The minimum atomic E-state index is -0.998. The van der Waals surface area contributed by atoms with Crippen LogP contribution in [0.1, 0.15) is 32.1 Å². The number of likely N-dealkylation sites (tertiary alicyclic amines) is 1. The maximum atomic E-state index is 13.9. The Morgan fingerprint density at radius 2 is 1.26 bits per heavy atom. The summed E-state index contributed by atoms with van der Waals surface area (Å²) in [6.07, 6.45) is 2.70. The van der Waals surface area contributed by atoms with E-state index in [1.54, 1.807) is 4.90 Å². The molecule has 5 rings (SSSR count). The number of benzene rings is 3. The fourth-order valence-corrected chi connectivity index (χ4v) is 5.31. The summed E-state index contributed by atoms with van der Waals surface area (Å²) in [6.45, 7) is 0.766. The molecule has 2 fully saturated rings. The molecule has 0 spiro atoms. The molecule has 38 heavy (non-hydrogen) atoms. The number of carbonyl (C=O) groups is 3. The number of para-hydroxylation sites is 3. The largest absolute Gasteiger partial charge is 0.469 e. The van der Waals surface area contributed by atoms with E-state index in [2.05, 4.69) is 0 Å². The van der Waals surface area contributed by atoms with Gasteiger partial charge >= 0.3 is 12.0 Å². The first kappa shape index (κ1) is 25.5. The number of rotatable bonds is 7. The van der Waals surface area contributed by atoms with Crippen LogP contribution in [0, 0.1) is 5.41 Å². The maximum Gasteiger partial charge on any atom is 0.324 e. The van der Waals surface area contributed by atoms with Crippen LogP contribution in [0.25, 0.3) is 0 Å². The van der Waals surface area contributed by atoms with Gasteiger partial charge in [-0.25, -0.2) is 4.79 Å². The number of piperidine rings is 1. The maximum absolute atomic E-state index is 13.9. The van der Waals surface area contributed by atoms with E-state index in [1.165, 1.54) is 7.11 Å². The quantitative estimate of drug-likeness (QED) is 0.377. The Kier molecular flexibility index (Phi) is 7.45. The van der Waals surface area contributed by atoms with Crippen molar-refractivity contribution in [2.24, 2.45) is 5.41 Å². The van der Waals surface area contributed by atoms with Crippen LogP contribution in [-0.4, -0.2) is 49.0 Å². The van der Waals surface area contributed by atoms with Crippen molar-refractivity contribution in [1.82, 2.24) is 4.90 Å². The van der Waals surface area contributed by atoms with Crippen LogP contribution in [0.15, 0.2) is 91.0 Å². The molecule has 3 aromatic carbocycles. The number of hydrogen-bond donors (Lipinski definition) is 0. The van der Waals surface area contributed by atoms with Crippen molar-refractivity contribution in [3.63, 3.8) is 0 Å². The van der Waals surface area contributed by atoms with Crippen LogP contribution in [0.3, 0.4) is 0 Å². The summed E-state index contributed by atoms with van der Waals surface area (Å²) in [4.78, 5) is 46.0. The predicted molar refractivity (Wildman–Crippen MR) is 147 cm³/mol. The lowest BCUT2D eigenvalue weighted by Gasteiger charge is -2.41. The Hall–Kier alpha value is -4.13. The van der Waals surface area contributed by atoms with E-state index in [4.69, 9.17) is 4.74 Å². The van der Waals surface area contributed by atoms with E-state index in [0.29, 0.717) is 25.9 Å². The summed E-state index contributed by atoms with van der Waals surface area (Å²) < 4.78 is 5.22. The van der Waals surface area contributed by atoms with Crippen molar-refractivity contribution in [2.75, 3.05) is 30.0 Å². The second kappa shape index (κ2) is 11.1. The summed E-state index contributed by atoms with van der Waals surface area (Å²) in [5, 5.41) is 0. The molecule has 1 saturated heterocycles. The van der Waals surface area contributed by atoms with Crippen LogP contribution in [0.5, 0.6) is 0 Å². The van der Waals surface area contributed by atoms with Gasteiger partial charge in [-0.1, -0.05) is 54.6 Å². The highest BCUT2D eigenvalue weighted by molar-refractivity contribution is 6.02. The second-order valence-corrected chi connectivity index (χ2v) is 10.1. The molecule has 0 atom stereocenters. The van der Waals surface area contributed by atoms with Crippen molar-refractivity contribution < 1.29 is 19.1 Å². The summed E-state index contributed by atoms with van der Waals surface area (Å²) in [5.41, 5.74) is 1.36. The third kappa shape index (κ3) is 5.28. The van der Waals surface area contributed by atoms with Gasteiger partial charge in [-0.2, -0.15) is 0 Å². The van der Waals surface area contributed by atoms with E-state index in [0.717, 1.165) is 29.9 Å². The summed E-state index contributed by atoms with van der Waals surface area (Å²) in [5.74, 6) is -0.586. The smallest absolute Gasteiger partial charge is 0.324 e. The number of hydrogen-bond acceptors (Lipinski definition) is 4. The standard InChI is InChI=1S/C31H33N3O4/c1-38-29(36)31(23-28(35)33(24-11-5-2-6-12-24)25-13-7-3-8-14-25)19-21-32(22-20-31)30(37)34(27-17-18-27)26-15-9-4-10-16-26/h2-16,27H,17-23H2,1H3. The first-order valence-electron chi connectivity index (χ1n) is 13.2. The molecule has 0 bridgehead atoms. The number of anilines is 3. The molecular weight excluding hydrogens is 478 g/mol. The Morgan fingerprint density at radius 3 is 1.71 bits per heavy atom. The van der Waals surface area contributed by atoms with E-state index < -0.39 is 11.4 Å². The average Bonchev–Trinajstić information content (AvgIpc) is 3.80. The molecule has 0 N–H and O–H groups in total. The van der Waals surface area contributed by atoms with Gasteiger partial charge in [0.05, 0.1) is 12.5 Å². The zero-order chi connectivity index (χ0) is 26.5. The van der Waals surface area contributed by atoms with Gasteiger partial charge in [0.1, 0.15) is 0 Å². The summed E-state index contributed by atoms with van der Waals surface area (Å²) in [6, 6.07) is 28.8. The third-order valence-corrected chi connectivity index (χ3v) is 7.53. The highest BCUT2D eigenvalue weighted by Crippen LogP contribution is 2.40. The van der Waals surface area contributed by atoms with Gasteiger partial charge in [0, 0.05) is 42.6 Å². The average molecular weight is 512 g/mol. The number of methoxy groups -OCH3 is 1. The van der Waals surface area contributed by atoms with Crippen LogP contribution in [0.4, 0.5) is 21.9 Å². The summed E-state index contributed by atoms with van der Waals surface area (Å²) >= 11 is 0. The van der Waals surface area contributed by atoms with E-state index >= 15 is 0 Å². The molecule has 3 aromatic rings. The van der Waals surface area contributed by atoms with Gasteiger partial charge in [-0.15, -0.1) is 0 Å². The fraction of sp³-hybridized carbons (Fsp3) is 0.323. The molecule has 3 amide bonds.